The quantitative estimate of drug-likeness (QED) is 0.832. The molecule has 0 unspecified atom stereocenters. The van der Waals surface area contributed by atoms with Gasteiger partial charge in [0, 0.05) is 57.5 Å². The zero-order chi connectivity index (χ0) is 19.6. The maximum Gasteiger partial charge on any atom is 0.313 e. The standard InChI is InChI=1S/C22H25N3O3/c26-20(7-6-17-8-10-23-11-9-17)25-14-19-13-24(12-18-4-2-1-3-5-18)15-22(19,16-25)21(27)28/h1-5,8-11,19H,6-7,12-16H2,(H,27,28)/t19-,22-/m0/s1. The summed E-state index contributed by atoms with van der Waals surface area (Å²) in [4.78, 5) is 32.8. The summed E-state index contributed by atoms with van der Waals surface area (Å²) < 4.78 is 0. The first-order valence-electron chi connectivity index (χ1n) is 9.73. The molecular formula is C22H25N3O3. The van der Waals surface area contributed by atoms with Crippen molar-refractivity contribution >= 4 is 11.9 Å². The number of carboxylic acids is 1. The van der Waals surface area contributed by atoms with Crippen molar-refractivity contribution in [2.45, 2.75) is 19.4 Å². The minimum absolute atomic E-state index is 0.0152. The van der Waals surface area contributed by atoms with Gasteiger partial charge in [-0.1, -0.05) is 30.3 Å². The van der Waals surface area contributed by atoms with Gasteiger partial charge in [-0.3, -0.25) is 19.5 Å². The summed E-state index contributed by atoms with van der Waals surface area (Å²) in [6, 6.07) is 13.9. The lowest BCUT2D eigenvalue weighted by atomic mass is 9.81. The molecule has 0 saturated carbocycles. The largest absolute Gasteiger partial charge is 0.481 e. The first-order chi connectivity index (χ1) is 13.6. The van der Waals surface area contributed by atoms with Crippen LogP contribution < -0.4 is 0 Å². The van der Waals surface area contributed by atoms with Crippen LogP contribution in [0.3, 0.4) is 0 Å². The highest BCUT2D eigenvalue weighted by Gasteiger charge is 2.58. The summed E-state index contributed by atoms with van der Waals surface area (Å²) in [5, 5.41) is 9.99. The van der Waals surface area contributed by atoms with Gasteiger partial charge in [0.2, 0.25) is 5.91 Å². The summed E-state index contributed by atoms with van der Waals surface area (Å²) in [6.07, 6.45) is 4.50. The van der Waals surface area contributed by atoms with Crippen LogP contribution in [0, 0.1) is 11.3 Å². The van der Waals surface area contributed by atoms with Gasteiger partial charge >= 0.3 is 5.97 Å². The number of aromatic nitrogens is 1. The van der Waals surface area contributed by atoms with Crippen LogP contribution in [0.1, 0.15) is 17.5 Å². The molecule has 1 N–H and O–H groups in total. The van der Waals surface area contributed by atoms with Gasteiger partial charge in [-0.15, -0.1) is 0 Å². The third-order valence-corrected chi connectivity index (χ3v) is 6.08. The molecule has 146 valence electrons. The Morgan fingerprint density at radius 1 is 1.04 bits per heavy atom. The summed E-state index contributed by atoms with van der Waals surface area (Å²) in [5.41, 5.74) is 1.42. The second-order valence-electron chi connectivity index (χ2n) is 7.94. The Morgan fingerprint density at radius 2 is 1.79 bits per heavy atom. The predicted molar refractivity (Wildman–Crippen MR) is 104 cm³/mol. The Bertz CT molecular complexity index is 843. The van der Waals surface area contributed by atoms with Crippen LogP contribution in [0.5, 0.6) is 0 Å². The molecule has 2 saturated heterocycles. The molecule has 2 atom stereocenters. The van der Waals surface area contributed by atoms with Crippen molar-refractivity contribution in [1.29, 1.82) is 0 Å². The third-order valence-electron chi connectivity index (χ3n) is 6.08. The molecular weight excluding hydrogens is 354 g/mol. The van der Waals surface area contributed by atoms with Gasteiger partial charge in [-0.05, 0) is 29.7 Å². The number of aliphatic carboxylic acids is 1. The van der Waals surface area contributed by atoms with Crippen LogP contribution in [-0.4, -0.2) is 57.9 Å². The van der Waals surface area contributed by atoms with E-state index in [1.54, 1.807) is 17.3 Å². The van der Waals surface area contributed by atoms with Crippen molar-refractivity contribution in [2.75, 3.05) is 26.2 Å². The van der Waals surface area contributed by atoms with Crippen molar-refractivity contribution < 1.29 is 14.7 Å². The molecule has 2 aliphatic rings. The van der Waals surface area contributed by atoms with E-state index in [-0.39, 0.29) is 11.8 Å². The van der Waals surface area contributed by atoms with E-state index in [9.17, 15) is 14.7 Å². The number of carbonyl (C=O) groups is 2. The van der Waals surface area contributed by atoms with Gasteiger partial charge in [0.05, 0.1) is 0 Å². The van der Waals surface area contributed by atoms with Gasteiger partial charge in [-0.2, -0.15) is 0 Å². The minimum Gasteiger partial charge on any atom is -0.481 e. The van der Waals surface area contributed by atoms with Crippen molar-refractivity contribution in [2.24, 2.45) is 11.3 Å². The zero-order valence-electron chi connectivity index (χ0n) is 15.8. The molecule has 0 radical (unpaired) electrons. The van der Waals surface area contributed by atoms with E-state index < -0.39 is 11.4 Å². The second-order valence-corrected chi connectivity index (χ2v) is 7.94. The molecule has 3 heterocycles. The van der Waals surface area contributed by atoms with E-state index >= 15 is 0 Å². The molecule has 0 spiro atoms. The maximum atomic E-state index is 12.7. The normalized spacial score (nSPS) is 24.3. The maximum absolute atomic E-state index is 12.7. The fourth-order valence-electron chi connectivity index (χ4n) is 4.58. The van der Waals surface area contributed by atoms with E-state index in [1.807, 2.05) is 30.3 Å². The van der Waals surface area contributed by atoms with Crippen molar-refractivity contribution in [3.8, 4) is 0 Å². The minimum atomic E-state index is -0.846. The van der Waals surface area contributed by atoms with Crippen LogP contribution in [0.4, 0.5) is 0 Å². The number of amides is 1. The molecule has 2 aliphatic heterocycles. The SMILES string of the molecule is O=C(CCc1ccncc1)N1C[C@@H]2CN(Cc3ccccc3)C[C@]2(C(=O)O)C1. The van der Waals surface area contributed by atoms with Crippen molar-refractivity contribution in [3.05, 3.63) is 66.0 Å². The summed E-state index contributed by atoms with van der Waals surface area (Å²) in [5.74, 6) is -0.752. The number of aryl methyl sites for hydroxylation is 1. The number of hydrogen-bond acceptors (Lipinski definition) is 4. The molecule has 1 aromatic heterocycles. The molecule has 0 aliphatic carbocycles. The summed E-state index contributed by atoms with van der Waals surface area (Å²) in [7, 11) is 0. The number of hydrogen-bond donors (Lipinski definition) is 1. The molecule has 1 aromatic carbocycles. The van der Waals surface area contributed by atoms with Crippen molar-refractivity contribution in [3.63, 3.8) is 0 Å². The molecule has 2 fully saturated rings. The number of rotatable bonds is 6. The Hall–Kier alpha value is -2.73. The summed E-state index contributed by atoms with van der Waals surface area (Å²) >= 11 is 0. The van der Waals surface area contributed by atoms with E-state index in [0.717, 1.165) is 18.7 Å². The first-order valence-corrected chi connectivity index (χ1v) is 9.73. The summed E-state index contributed by atoms with van der Waals surface area (Å²) in [6.45, 7) is 2.81. The Labute approximate surface area is 164 Å². The number of carboxylic acid groups (broad SMARTS) is 1. The van der Waals surface area contributed by atoms with E-state index in [0.29, 0.717) is 32.5 Å². The third kappa shape index (κ3) is 3.64. The highest BCUT2D eigenvalue weighted by Crippen LogP contribution is 2.43. The topological polar surface area (TPSA) is 73.7 Å². The number of pyridine rings is 1. The lowest BCUT2D eigenvalue weighted by Gasteiger charge is -2.25. The van der Waals surface area contributed by atoms with Crippen LogP contribution in [-0.2, 0) is 22.6 Å². The lowest BCUT2D eigenvalue weighted by Crippen LogP contribution is -2.42. The molecule has 1 amide bonds. The van der Waals surface area contributed by atoms with Crippen LogP contribution >= 0.6 is 0 Å². The van der Waals surface area contributed by atoms with Gasteiger partial charge in [0.1, 0.15) is 5.41 Å². The number of carbonyl (C=O) groups excluding carboxylic acids is 1. The Morgan fingerprint density at radius 3 is 2.46 bits per heavy atom. The second kappa shape index (κ2) is 7.72. The van der Waals surface area contributed by atoms with Crippen molar-refractivity contribution in [1.82, 2.24) is 14.8 Å². The molecule has 6 nitrogen and oxygen atoms in total. The van der Waals surface area contributed by atoms with E-state index in [2.05, 4.69) is 22.0 Å². The Balaban J connectivity index is 1.39. The Kier molecular flexibility index (Phi) is 5.13. The van der Waals surface area contributed by atoms with Gasteiger partial charge in [-0.25, -0.2) is 0 Å². The number of nitrogens with zero attached hydrogens (tertiary/aromatic N) is 3. The van der Waals surface area contributed by atoms with Gasteiger partial charge in [0.25, 0.3) is 0 Å². The van der Waals surface area contributed by atoms with E-state index in [4.69, 9.17) is 0 Å². The van der Waals surface area contributed by atoms with Gasteiger partial charge < -0.3 is 10.0 Å². The molecule has 2 aromatic rings. The lowest BCUT2D eigenvalue weighted by molar-refractivity contribution is -0.149. The molecule has 0 bridgehead atoms. The molecule has 6 heteroatoms. The smallest absolute Gasteiger partial charge is 0.313 e. The highest BCUT2D eigenvalue weighted by atomic mass is 16.4. The average molecular weight is 379 g/mol. The van der Waals surface area contributed by atoms with E-state index in [1.165, 1.54) is 5.56 Å². The fraction of sp³-hybridized carbons (Fsp3) is 0.409. The highest BCUT2D eigenvalue weighted by molar-refractivity contribution is 5.81. The van der Waals surface area contributed by atoms with Crippen LogP contribution in [0.15, 0.2) is 54.9 Å². The molecule has 28 heavy (non-hydrogen) atoms. The number of fused-ring (bicyclic) bond motifs is 1. The number of likely N-dealkylation sites (tertiary alicyclic amines) is 2. The predicted octanol–water partition coefficient (Wildman–Crippen LogP) is 2.06. The van der Waals surface area contributed by atoms with Crippen LogP contribution in [0.25, 0.3) is 0 Å². The average Bonchev–Trinajstić information content (AvgIpc) is 3.23. The monoisotopic (exact) mass is 379 g/mol. The molecule has 4 rings (SSSR count). The number of benzene rings is 1. The van der Waals surface area contributed by atoms with Crippen LogP contribution in [0.2, 0.25) is 0 Å². The van der Waals surface area contributed by atoms with Gasteiger partial charge in [0.15, 0.2) is 0 Å². The first kappa shape index (κ1) is 18.6. The zero-order valence-corrected chi connectivity index (χ0v) is 15.8. The fourth-order valence-corrected chi connectivity index (χ4v) is 4.58.